The Morgan fingerprint density at radius 2 is 2.20 bits per heavy atom. The zero-order valence-corrected chi connectivity index (χ0v) is 9.91. The molecule has 0 amide bonds. The van der Waals surface area contributed by atoms with E-state index < -0.39 is 22.4 Å². The number of ether oxygens (including phenoxy) is 1. The van der Waals surface area contributed by atoms with Gasteiger partial charge in [-0.15, -0.1) is 0 Å². The molecule has 0 saturated carbocycles. The number of hydrogen-bond acceptors (Lipinski definition) is 5. The summed E-state index contributed by atoms with van der Waals surface area (Å²) in [4.78, 5) is 20.5. The minimum atomic E-state index is -1.19. The Bertz CT molecular complexity index is 666. The molecule has 1 aromatic heterocycles. The summed E-state index contributed by atoms with van der Waals surface area (Å²) in [5.41, 5.74) is -0.494. The third-order valence-corrected chi connectivity index (χ3v) is 2.46. The van der Waals surface area contributed by atoms with Crippen molar-refractivity contribution in [3.8, 4) is 5.75 Å². The van der Waals surface area contributed by atoms with Gasteiger partial charge in [0.1, 0.15) is 12.2 Å². The number of halogens is 1. The first-order valence-electron chi connectivity index (χ1n) is 5.35. The predicted molar refractivity (Wildman–Crippen MR) is 63.1 cm³/mol. The molecule has 20 heavy (non-hydrogen) atoms. The van der Waals surface area contributed by atoms with Crippen LogP contribution in [0.25, 0.3) is 0 Å². The van der Waals surface area contributed by atoms with Gasteiger partial charge in [-0.1, -0.05) is 0 Å². The van der Waals surface area contributed by atoms with Gasteiger partial charge in [0.25, 0.3) is 5.69 Å². The number of benzene rings is 1. The van der Waals surface area contributed by atoms with Crippen LogP contribution in [0, 0.1) is 15.9 Å². The lowest BCUT2D eigenvalue weighted by Crippen LogP contribution is -2.03. The molecular formula is C12H8FNO6. The molecule has 2 rings (SSSR count). The third-order valence-electron chi connectivity index (χ3n) is 2.46. The lowest BCUT2D eigenvalue weighted by atomic mass is 10.2. The van der Waals surface area contributed by atoms with E-state index >= 15 is 0 Å². The maximum Gasteiger partial charge on any atom is 0.339 e. The minimum Gasteiger partial charge on any atom is -0.483 e. The van der Waals surface area contributed by atoms with E-state index in [1.54, 1.807) is 0 Å². The summed E-state index contributed by atoms with van der Waals surface area (Å²) in [6.45, 7) is -0.302. The van der Waals surface area contributed by atoms with Gasteiger partial charge in [-0.2, -0.15) is 0 Å². The SMILES string of the molecule is O=C(O)c1ccoc1COc1ccc([N+](=O)[O-])cc1F. The molecule has 0 radical (unpaired) electrons. The second kappa shape index (κ2) is 5.39. The number of nitrogens with zero attached hydrogens (tertiary/aromatic N) is 1. The number of aromatic carboxylic acids is 1. The maximum absolute atomic E-state index is 13.5. The summed E-state index contributed by atoms with van der Waals surface area (Å²) in [6.07, 6.45) is 1.17. The van der Waals surface area contributed by atoms with E-state index in [1.165, 1.54) is 12.3 Å². The number of carboxylic acid groups (broad SMARTS) is 1. The van der Waals surface area contributed by atoms with E-state index in [0.29, 0.717) is 0 Å². The molecule has 0 aliphatic carbocycles. The molecule has 1 N–H and O–H groups in total. The summed E-state index contributed by atoms with van der Waals surface area (Å²) in [5, 5.41) is 19.3. The standard InChI is InChI=1S/C12H8FNO6/c13-9-5-7(14(17)18)1-2-10(9)20-6-11-8(12(15)16)3-4-19-11/h1-5H,6H2,(H,15,16). The summed E-state index contributed by atoms with van der Waals surface area (Å²) < 4.78 is 23.5. The van der Waals surface area contributed by atoms with Crippen LogP contribution < -0.4 is 4.74 Å². The average molecular weight is 281 g/mol. The largest absolute Gasteiger partial charge is 0.483 e. The Hall–Kier alpha value is -2.90. The van der Waals surface area contributed by atoms with Gasteiger partial charge in [-0.25, -0.2) is 9.18 Å². The van der Waals surface area contributed by atoms with E-state index in [2.05, 4.69) is 0 Å². The van der Waals surface area contributed by atoms with Crippen molar-refractivity contribution < 1.29 is 28.4 Å². The highest BCUT2D eigenvalue weighted by molar-refractivity contribution is 5.88. The van der Waals surface area contributed by atoms with Gasteiger partial charge in [0, 0.05) is 6.07 Å². The zero-order valence-electron chi connectivity index (χ0n) is 9.91. The Kier molecular flexibility index (Phi) is 3.65. The molecule has 0 bridgehead atoms. The van der Waals surface area contributed by atoms with Crippen molar-refractivity contribution in [1.29, 1.82) is 0 Å². The lowest BCUT2D eigenvalue weighted by Gasteiger charge is -2.05. The number of nitro groups is 1. The van der Waals surface area contributed by atoms with Crippen molar-refractivity contribution in [2.24, 2.45) is 0 Å². The van der Waals surface area contributed by atoms with E-state index in [0.717, 1.165) is 18.2 Å². The molecule has 7 nitrogen and oxygen atoms in total. The van der Waals surface area contributed by atoms with Crippen LogP contribution >= 0.6 is 0 Å². The van der Waals surface area contributed by atoms with Crippen LogP contribution in [0.4, 0.5) is 10.1 Å². The van der Waals surface area contributed by atoms with Gasteiger partial charge >= 0.3 is 5.97 Å². The number of nitro benzene ring substituents is 1. The maximum atomic E-state index is 13.5. The van der Waals surface area contributed by atoms with Crippen LogP contribution in [0.1, 0.15) is 16.1 Å². The summed E-state index contributed by atoms with van der Waals surface area (Å²) in [6, 6.07) is 4.14. The van der Waals surface area contributed by atoms with Crippen molar-refractivity contribution in [1.82, 2.24) is 0 Å². The second-order valence-corrected chi connectivity index (χ2v) is 3.72. The van der Waals surface area contributed by atoms with Crippen LogP contribution in [0.3, 0.4) is 0 Å². The van der Waals surface area contributed by atoms with Gasteiger partial charge in [-0.3, -0.25) is 10.1 Å². The lowest BCUT2D eigenvalue weighted by molar-refractivity contribution is -0.385. The van der Waals surface area contributed by atoms with Crippen LogP contribution in [0.5, 0.6) is 5.75 Å². The summed E-state index contributed by atoms with van der Waals surface area (Å²) >= 11 is 0. The Balaban J connectivity index is 2.13. The van der Waals surface area contributed by atoms with Crippen LogP contribution in [0.2, 0.25) is 0 Å². The van der Waals surface area contributed by atoms with Gasteiger partial charge in [0.15, 0.2) is 17.3 Å². The Morgan fingerprint density at radius 1 is 1.45 bits per heavy atom. The summed E-state index contributed by atoms with van der Waals surface area (Å²) in [7, 11) is 0. The molecule has 8 heteroatoms. The van der Waals surface area contributed by atoms with Crippen LogP contribution in [0.15, 0.2) is 34.9 Å². The van der Waals surface area contributed by atoms with Gasteiger partial charge < -0.3 is 14.3 Å². The molecule has 104 valence electrons. The molecule has 0 fully saturated rings. The summed E-state index contributed by atoms with van der Waals surface area (Å²) in [5.74, 6) is -2.32. The fraction of sp³-hybridized carbons (Fsp3) is 0.0833. The third kappa shape index (κ3) is 2.74. The molecule has 2 aromatic rings. The smallest absolute Gasteiger partial charge is 0.339 e. The second-order valence-electron chi connectivity index (χ2n) is 3.72. The molecule has 0 aliphatic heterocycles. The van der Waals surface area contributed by atoms with Crippen molar-refractivity contribution in [3.63, 3.8) is 0 Å². The molecule has 1 aromatic carbocycles. The molecule has 0 saturated heterocycles. The quantitative estimate of drug-likeness (QED) is 0.667. The number of hydrogen-bond donors (Lipinski definition) is 1. The monoisotopic (exact) mass is 281 g/mol. The number of non-ortho nitro benzene ring substituents is 1. The highest BCUT2D eigenvalue weighted by Gasteiger charge is 2.16. The predicted octanol–water partition coefficient (Wildman–Crippen LogP) is 2.60. The van der Waals surface area contributed by atoms with Crippen molar-refractivity contribution in [2.45, 2.75) is 6.61 Å². The van der Waals surface area contributed by atoms with E-state index in [9.17, 15) is 19.3 Å². The van der Waals surface area contributed by atoms with Gasteiger partial charge in [-0.05, 0) is 12.1 Å². The molecule has 0 spiro atoms. The average Bonchev–Trinajstić information content (AvgIpc) is 2.85. The van der Waals surface area contributed by atoms with E-state index in [1.807, 2.05) is 0 Å². The fourth-order valence-electron chi connectivity index (χ4n) is 1.51. The Morgan fingerprint density at radius 3 is 2.80 bits per heavy atom. The van der Waals surface area contributed by atoms with Crippen LogP contribution in [-0.2, 0) is 6.61 Å². The molecule has 1 heterocycles. The molecular weight excluding hydrogens is 273 g/mol. The Labute approximate surface area is 111 Å². The molecule has 0 unspecified atom stereocenters. The number of rotatable bonds is 5. The van der Waals surface area contributed by atoms with Crippen molar-refractivity contribution >= 4 is 11.7 Å². The van der Waals surface area contributed by atoms with E-state index in [-0.39, 0.29) is 23.7 Å². The highest BCUT2D eigenvalue weighted by atomic mass is 19.1. The zero-order chi connectivity index (χ0) is 14.7. The van der Waals surface area contributed by atoms with Gasteiger partial charge in [0.2, 0.25) is 0 Å². The minimum absolute atomic E-state index is 0.0234. The van der Waals surface area contributed by atoms with Crippen molar-refractivity contribution in [3.05, 3.63) is 57.8 Å². The highest BCUT2D eigenvalue weighted by Crippen LogP contribution is 2.24. The molecule has 0 atom stereocenters. The van der Waals surface area contributed by atoms with Crippen molar-refractivity contribution in [2.75, 3.05) is 0 Å². The first-order chi connectivity index (χ1) is 9.49. The first kappa shape index (κ1) is 13.5. The topological polar surface area (TPSA) is 103 Å². The normalized spacial score (nSPS) is 10.2. The molecule has 0 aliphatic rings. The number of carbonyl (C=O) groups is 1. The number of furan rings is 1. The fourth-order valence-corrected chi connectivity index (χ4v) is 1.51. The number of carboxylic acids is 1. The van der Waals surface area contributed by atoms with Gasteiger partial charge in [0.05, 0.1) is 17.3 Å². The van der Waals surface area contributed by atoms with E-state index in [4.69, 9.17) is 14.3 Å². The van der Waals surface area contributed by atoms with Crippen LogP contribution in [-0.4, -0.2) is 16.0 Å². The first-order valence-corrected chi connectivity index (χ1v) is 5.35.